The Balaban J connectivity index is 1.47. The first kappa shape index (κ1) is 13.6. The average molecular weight is 302 g/mol. The van der Waals surface area contributed by atoms with E-state index in [1.807, 2.05) is 0 Å². The van der Waals surface area contributed by atoms with Crippen LogP contribution in [0.5, 0.6) is 0 Å². The molecule has 3 heteroatoms. The molecule has 1 aliphatic heterocycles. The van der Waals surface area contributed by atoms with Gasteiger partial charge in [0.2, 0.25) is 0 Å². The van der Waals surface area contributed by atoms with E-state index in [2.05, 4.69) is 19.1 Å². The van der Waals surface area contributed by atoms with Crippen molar-refractivity contribution in [3.63, 3.8) is 0 Å². The van der Waals surface area contributed by atoms with Gasteiger partial charge in [-0.1, -0.05) is 19.1 Å². The summed E-state index contributed by atoms with van der Waals surface area (Å²) >= 11 is 0. The first-order chi connectivity index (χ1) is 10.6. The Morgan fingerprint density at radius 3 is 2.68 bits per heavy atom. The fourth-order valence-electron chi connectivity index (χ4n) is 7.31. The van der Waals surface area contributed by atoms with Crippen molar-refractivity contribution in [2.45, 2.75) is 44.6 Å². The minimum absolute atomic E-state index is 0.156. The van der Waals surface area contributed by atoms with Crippen LogP contribution in [-0.2, 0) is 9.53 Å². The van der Waals surface area contributed by atoms with Crippen molar-refractivity contribution in [3.05, 3.63) is 12.2 Å². The Morgan fingerprint density at radius 1 is 1.23 bits per heavy atom. The van der Waals surface area contributed by atoms with E-state index < -0.39 is 5.60 Å². The van der Waals surface area contributed by atoms with Crippen LogP contribution >= 0.6 is 0 Å². The van der Waals surface area contributed by atoms with E-state index >= 15 is 0 Å². The maximum absolute atomic E-state index is 12.1. The summed E-state index contributed by atoms with van der Waals surface area (Å²) in [6, 6.07) is 0. The smallest absolute Gasteiger partial charge is 0.312 e. The molecule has 0 amide bonds. The van der Waals surface area contributed by atoms with E-state index in [0.717, 1.165) is 36.0 Å². The van der Waals surface area contributed by atoms with Gasteiger partial charge in [-0.05, 0) is 73.5 Å². The SMILES string of the molecule is CCC(O)(C1CCOC1=O)C1CC2CC1C1C3C=CC(C3)C21. The third-order valence-electron chi connectivity index (χ3n) is 8.02. The highest BCUT2D eigenvalue weighted by Gasteiger charge is 2.65. The molecule has 0 aromatic carbocycles. The van der Waals surface area contributed by atoms with Crippen LogP contribution in [0, 0.1) is 47.3 Å². The molecule has 1 N–H and O–H groups in total. The largest absolute Gasteiger partial charge is 0.465 e. The second-order valence-electron chi connectivity index (χ2n) is 8.46. The molecule has 0 aromatic heterocycles. The number of hydrogen-bond donors (Lipinski definition) is 1. The summed E-state index contributed by atoms with van der Waals surface area (Å²) in [6.07, 6.45) is 10.1. The van der Waals surface area contributed by atoms with E-state index in [0.29, 0.717) is 31.3 Å². The molecular formula is C19H26O3. The molecule has 22 heavy (non-hydrogen) atoms. The number of esters is 1. The van der Waals surface area contributed by atoms with Gasteiger partial charge in [-0.3, -0.25) is 4.79 Å². The van der Waals surface area contributed by atoms with Crippen molar-refractivity contribution in [2.75, 3.05) is 6.61 Å². The van der Waals surface area contributed by atoms with Crippen LogP contribution in [0.25, 0.3) is 0 Å². The predicted molar refractivity (Wildman–Crippen MR) is 81.7 cm³/mol. The molecule has 0 radical (unpaired) electrons. The third-order valence-corrected chi connectivity index (χ3v) is 8.02. The Bertz CT molecular complexity index is 541. The number of rotatable bonds is 3. The zero-order valence-corrected chi connectivity index (χ0v) is 13.3. The molecular weight excluding hydrogens is 276 g/mol. The van der Waals surface area contributed by atoms with Gasteiger partial charge < -0.3 is 9.84 Å². The summed E-state index contributed by atoms with van der Waals surface area (Å²) in [4.78, 5) is 12.1. The van der Waals surface area contributed by atoms with Crippen molar-refractivity contribution in [1.82, 2.24) is 0 Å². The second-order valence-corrected chi connectivity index (χ2v) is 8.46. The van der Waals surface area contributed by atoms with Gasteiger partial charge in [-0.25, -0.2) is 0 Å². The first-order valence-corrected chi connectivity index (χ1v) is 9.20. The number of hydrogen-bond acceptors (Lipinski definition) is 3. The predicted octanol–water partition coefficient (Wildman–Crippen LogP) is 2.78. The van der Waals surface area contributed by atoms with Crippen LogP contribution < -0.4 is 0 Å². The zero-order chi connectivity index (χ0) is 15.1. The highest BCUT2D eigenvalue weighted by Crippen LogP contribution is 2.69. The number of aliphatic hydroxyl groups is 1. The van der Waals surface area contributed by atoms with Crippen molar-refractivity contribution < 1.29 is 14.6 Å². The lowest BCUT2D eigenvalue weighted by atomic mass is 9.61. The lowest BCUT2D eigenvalue weighted by Gasteiger charge is -2.45. The van der Waals surface area contributed by atoms with Crippen LogP contribution in [0.3, 0.4) is 0 Å². The van der Waals surface area contributed by atoms with Crippen molar-refractivity contribution in [3.8, 4) is 0 Å². The minimum atomic E-state index is -0.830. The Kier molecular flexibility index (Phi) is 2.70. The van der Waals surface area contributed by atoms with Gasteiger partial charge in [0.15, 0.2) is 0 Å². The monoisotopic (exact) mass is 302 g/mol. The molecule has 4 aliphatic carbocycles. The highest BCUT2D eigenvalue weighted by molar-refractivity contribution is 5.75. The van der Waals surface area contributed by atoms with Gasteiger partial charge in [0.25, 0.3) is 0 Å². The molecule has 1 saturated heterocycles. The van der Waals surface area contributed by atoms with Crippen molar-refractivity contribution in [2.24, 2.45) is 47.3 Å². The molecule has 4 bridgehead atoms. The van der Waals surface area contributed by atoms with Crippen LogP contribution in [0.4, 0.5) is 0 Å². The molecule has 3 nitrogen and oxygen atoms in total. The molecule has 5 aliphatic rings. The molecule has 120 valence electrons. The van der Waals surface area contributed by atoms with Gasteiger partial charge >= 0.3 is 5.97 Å². The summed E-state index contributed by atoms with van der Waals surface area (Å²) in [7, 11) is 0. The standard InChI is InChI=1S/C19H26O3/c1-2-19(21,14-5-6-22-18(14)20)15-9-12-8-13(15)17-11-4-3-10(7-11)16(12)17/h3-4,10-17,21H,2,5-9H2,1H3. The zero-order valence-electron chi connectivity index (χ0n) is 13.3. The first-order valence-electron chi connectivity index (χ1n) is 9.20. The van der Waals surface area contributed by atoms with E-state index in [-0.39, 0.29) is 11.9 Å². The van der Waals surface area contributed by atoms with E-state index in [1.165, 1.54) is 12.8 Å². The highest BCUT2D eigenvalue weighted by atomic mass is 16.5. The van der Waals surface area contributed by atoms with Gasteiger partial charge in [-0.15, -0.1) is 0 Å². The number of cyclic esters (lactones) is 1. The summed E-state index contributed by atoms with van der Waals surface area (Å²) in [6.45, 7) is 2.54. The number of carbonyl (C=O) groups excluding carboxylic acids is 1. The number of allylic oxidation sites excluding steroid dienone is 2. The Hall–Kier alpha value is -0.830. The maximum atomic E-state index is 12.1. The molecule has 3 saturated carbocycles. The van der Waals surface area contributed by atoms with Crippen molar-refractivity contribution in [1.29, 1.82) is 0 Å². The van der Waals surface area contributed by atoms with Crippen LogP contribution in [0.15, 0.2) is 12.2 Å². The normalized spacial score (nSPS) is 53.8. The van der Waals surface area contributed by atoms with E-state index in [9.17, 15) is 9.90 Å². The molecule has 5 rings (SSSR count). The number of carbonyl (C=O) groups is 1. The Labute approximate surface area is 132 Å². The molecule has 0 aromatic rings. The summed E-state index contributed by atoms with van der Waals surface area (Å²) in [5.41, 5.74) is -0.830. The number of fused-ring (bicyclic) bond motifs is 9. The lowest BCUT2D eigenvalue weighted by molar-refractivity contribution is -0.157. The Morgan fingerprint density at radius 2 is 2.00 bits per heavy atom. The molecule has 1 heterocycles. The molecule has 9 atom stereocenters. The van der Waals surface area contributed by atoms with Gasteiger partial charge in [0.05, 0.1) is 18.1 Å². The minimum Gasteiger partial charge on any atom is -0.465 e. The quantitative estimate of drug-likeness (QED) is 0.495. The molecule has 4 fully saturated rings. The van der Waals surface area contributed by atoms with Gasteiger partial charge in [0.1, 0.15) is 0 Å². The average Bonchev–Trinajstić information content (AvgIpc) is 3.29. The summed E-state index contributed by atoms with van der Waals surface area (Å²) < 4.78 is 5.18. The molecule has 0 spiro atoms. The van der Waals surface area contributed by atoms with E-state index in [1.54, 1.807) is 0 Å². The molecule has 9 unspecified atom stereocenters. The topological polar surface area (TPSA) is 46.5 Å². The fraction of sp³-hybridized carbons (Fsp3) is 0.842. The van der Waals surface area contributed by atoms with Gasteiger partial charge in [-0.2, -0.15) is 0 Å². The van der Waals surface area contributed by atoms with E-state index in [4.69, 9.17) is 4.74 Å². The maximum Gasteiger partial charge on any atom is 0.312 e. The van der Waals surface area contributed by atoms with Crippen LogP contribution in [-0.4, -0.2) is 23.3 Å². The summed E-state index contributed by atoms with van der Waals surface area (Å²) in [5.74, 6) is 4.53. The lowest BCUT2D eigenvalue weighted by Crippen LogP contribution is -2.51. The van der Waals surface area contributed by atoms with Gasteiger partial charge in [0, 0.05) is 0 Å². The summed E-state index contributed by atoms with van der Waals surface area (Å²) in [5, 5.41) is 11.5. The third kappa shape index (κ3) is 1.49. The fourth-order valence-corrected chi connectivity index (χ4v) is 7.31. The van der Waals surface area contributed by atoms with Crippen LogP contribution in [0.2, 0.25) is 0 Å². The number of ether oxygens (including phenoxy) is 1. The second kappa shape index (κ2) is 4.37. The van der Waals surface area contributed by atoms with Crippen molar-refractivity contribution >= 4 is 5.97 Å². The van der Waals surface area contributed by atoms with Crippen LogP contribution in [0.1, 0.15) is 39.0 Å².